The maximum absolute atomic E-state index is 11.9. The average molecular weight is 296 g/mol. The topological polar surface area (TPSA) is 44.4 Å². The van der Waals surface area contributed by atoms with E-state index < -0.39 is 0 Å². The van der Waals surface area contributed by atoms with Crippen molar-refractivity contribution in [1.82, 2.24) is 15.5 Å². The van der Waals surface area contributed by atoms with Crippen LogP contribution in [-0.2, 0) is 11.2 Å². The van der Waals surface area contributed by atoms with Crippen LogP contribution in [0.2, 0.25) is 5.02 Å². The van der Waals surface area contributed by atoms with Crippen molar-refractivity contribution in [2.75, 3.05) is 32.7 Å². The highest BCUT2D eigenvalue weighted by Gasteiger charge is 2.17. The summed E-state index contributed by atoms with van der Waals surface area (Å²) in [4.78, 5) is 14.1. The first-order chi connectivity index (χ1) is 9.63. The van der Waals surface area contributed by atoms with Crippen molar-refractivity contribution in [2.24, 2.45) is 0 Å². The first-order valence-corrected chi connectivity index (χ1v) is 7.48. The molecule has 1 aromatic rings. The van der Waals surface area contributed by atoms with E-state index in [1.54, 1.807) is 0 Å². The third-order valence-electron chi connectivity index (χ3n) is 3.44. The van der Waals surface area contributed by atoms with Gasteiger partial charge >= 0.3 is 0 Å². The quantitative estimate of drug-likeness (QED) is 0.860. The molecule has 1 aliphatic heterocycles. The van der Waals surface area contributed by atoms with Gasteiger partial charge in [-0.05, 0) is 31.0 Å². The Labute approximate surface area is 125 Å². The van der Waals surface area contributed by atoms with Crippen molar-refractivity contribution >= 4 is 17.5 Å². The van der Waals surface area contributed by atoms with E-state index in [-0.39, 0.29) is 5.91 Å². The molecule has 0 unspecified atom stereocenters. The summed E-state index contributed by atoms with van der Waals surface area (Å²) >= 11 is 5.93. The molecule has 1 amide bonds. The second-order valence-corrected chi connectivity index (χ2v) is 5.76. The molecule has 1 aliphatic rings. The lowest BCUT2D eigenvalue weighted by Gasteiger charge is -2.31. The average Bonchev–Trinajstić information content (AvgIpc) is 2.38. The fraction of sp³-hybridized carbons (Fsp3) is 0.533. The first-order valence-electron chi connectivity index (χ1n) is 7.10. The van der Waals surface area contributed by atoms with Gasteiger partial charge in [-0.2, -0.15) is 0 Å². The summed E-state index contributed by atoms with van der Waals surface area (Å²) in [5, 5.41) is 7.08. The number of rotatable bonds is 5. The highest BCUT2D eigenvalue weighted by atomic mass is 35.5. The SMILES string of the molecule is C[C@@H]1CN(CC(=O)NCCc2cccc(Cl)c2)CCN1. The lowest BCUT2D eigenvalue weighted by Crippen LogP contribution is -2.51. The van der Waals surface area contributed by atoms with Gasteiger partial charge in [0.25, 0.3) is 0 Å². The Bertz CT molecular complexity index is 452. The molecule has 1 aromatic carbocycles. The van der Waals surface area contributed by atoms with Gasteiger partial charge in [-0.25, -0.2) is 0 Å². The van der Waals surface area contributed by atoms with E-state index >= 15 is 0 Å². The van der Waals surface area contributed by atoms with Crippen LogP contribution in [0.4, 0.5) is 0 Å². The molecule has 0 aromatic heterocycles. The van der Waals surface area contributed by atoms with Crippen LogP contribution in [0.25, 0.3) is 0 Å². The number of nitrogens with one attached hydrogen (secondary N) is 2. The summed E-state index contributed by atoms with van der Waals surface area (Å²) in [6, 6.07) is 8.21. The van der Waals surface area contributed by atoms with Crippen LogP contribution in [0.5, 0.6) is 0 Å². The molecule has 2 rings (SSSR count). The summed E-state index contributed by atoms with van der Waals surface area (Å²) in [6.45, 7) is 6.11. The summed E-state index contributed by atoms with van der Waals surface area (Å²) in [5.41, 5.74) is 1.15. The van der Waals surface area contributed by atoms with E-state index in [2.05, 4.69) is 22.5 Å². The van der Waals surface area contributed by atoms with Crippen LogP contribution < -0.4 is 10.6 Å². The number of carbonyl (C=O) groups excluding carboxylic acids is 1. The van der Waals surface area contributed by atoms with Crippen LogP contribution in [0.1, 0.15) is 12.5 Å². The number of benzene rings is 1. The fourth-order valence-electron chi connectivity index (χ4n) is 2.45. The van der Waals surface area contributed by atoms with Gasteiger partial charge in [0.1, 0.15) is 0 Å². The van der Waals surface area contributed by atoms with Crippen LogP contribution >= 0.6 is 11.6 Å². The predicted molar refractivity (Wildman–Crippen MR) is 82.1 cm³/mol. The highest BCUT2D eigenvalue weighted by Crippen LogP contribution is 2.10. The second-order valence-electron chi connectivity index (χ2n) is 5.32. The summed E-state index contributed by atoms with van der Waals surface area (Å²) < 4.78 is 0. The molecule has 110 valence electrons. The molecular formula is C15H22ClN3O. The zero-order chi connectivity index (χ0) is 14.4. The Kier molecular flexibility index (Phi) is 5.83. The predicted octanol–water partition coefficient (Wildman–Crippen LogP) is 1.29. The molecule has 0 bridgehead atoms. The molecule has 0 saturated carbocycles. The minimum absolute atomic E-state index is 0.0983. The number of amides is 1. The van der Waals surface area contributed by atoms with Gasteiger partial charge < -0.3 is 10.6 Å². The minimum Gasteiger partial charge on any atom is -0.355 e. The molecule has 1 heterocycles. The normalized spacial score (nSPS) is 19.8. The maximum atomic E-state index is 11.9. The van der Waals surface area contributed by atoms with Crippen molar-refractivity contribution in [2.45, 2.75) is 19.4 Å². The van der Waals surface area contributed by atoms with Crippen molar-refractivity contribution in [1.29, 1.82) is 0 Å². The van der Waals surface area contributed by atoms with Crippen LogP contribution in [0, 0.1) is 0 Å². The lowest BCUT2D eigenvalue weighted by atomic mass is 10.1. The van der Waals surface area contributed by atoms with E-state index in [0.29, 0.717) is 19.1 Å². The molecule has 0 spiro atoms. The van der Waals surface area contributed by atoms with E-state index in [1.807, 2.05) is 24.3 Å². The van der Waals surface area contributed by atoms with Crippen molar-refractivity contribution in [3.8, 4) is 0 Å². The zero-order valence-electron chi connectivity index (χ0n) is 11.9. The van der Waals surface area contributed by atoms with Crippen LogP contribution in [0.3, 0.4) is 0 Å². The highest BCUT2D eigenvalue weighted by molar-refractivity contribution is 6.30. The molecule has 1 saturated heterocycles. The molecule has 20 heavy (non-hydrogen) atoms. The van der Waals surface area contributed by atoms with E-state index in [4.69, 9.17) is 11.6 Å². The number of halogens is 1. The first kappa shape index (κ1) is 15.3. The Balaban J connectivity index is 1.67. The number of carbonyl (C=O) groups is 1. The third-order valence-corrected chi connectivity index (χ3v) is 3.68. The number of hydrogen-bond donors (Lipinski definition) is 2. The van der Waals surface area contributed by atoms with Crippen molar-refractivity contribution in [3.63, 3.8) is 0 Å². The van der Waals surface area contributed by atoms with Gasteiger partial charge in [0.2, 0.25) is 5.91 Å². The number of nitrogens with zero attached hydrogens (tertiary/aromatic N) is 1. The van der Waals surface area contributed by atoms with Gasteiger partial charge in [-0.15, -0.1) is 0 Å². The zero-order valence-corrected chi connectivity index (χ0v) is 12.6. The molecule has 1 fully saturated rings. The molecular weight excluding hydrogens is 274 g/mol. The van der Waals surface area contributed by atoms with E-state index in [0.717, 1.165) is 36.6 Å². The molecule has 2 N–H and O–H groups in total. The van der Waals surface area contributed by atoms with Gasteiger partial charge in [-0.1, -0.05) is 23.7 Å². The fourth-order valence-corrected chi connectivity index (χ4v) is 2.67. The monoisotopic (exact) mass is 295 g/mol. The van der Waals surface area contributed by atoms with Crippen molar-refractivity contribution < 1.29 is 4.79 Å². The maximum Gasteiger partial charge on any atom is 0.234 e. The van der Waals surface area contributed by atoms with Gasteiger partial charge in [-0.3, -0.25) is 9.69 Å². The number of piperazine rings is 1. The smallest absolute Gasteiger partial charge is 0.234 e. The van der Waals surface area contributed by atoms with E-state index in [1.165, 1.54) is 0 Å². The van der Waals surface area contributed by atoms with Gasteiger partial charge in [0, 0.05) is 37.2 Å². The van der Waals surface area contributed by atoms with Crippen molar-refractivity contribution in [3.05, 3.63) is 34.9 Å². The largest absolute Gasteiger partial charge is 0.355 e. The summed E-state index contributed by atoms with van der Waals surface area (Å²) in [7, 11) is 0. The molecule has 5 heteroatoms. The summed E-state index contributed by atoms with van der Waals surface area (Å²) in [5.74, 6) is 0.0983. The third kappa shape index (κ3) is 5.12. The standard InChI is InChI=1S/C15H22ClN3O/c1-12-10-19(8-7-17-12)11-15(20)18-6-5-13-3-2-4-14(16)9-13/h2-4,9,12,17H,5-8,10-11H2,1H3,(H,18,20)/t12-/m1/s1. The minimum atomic E-state index is 0.0983. The van der Waals surface area contributed by atoms with Gasteiger partial charge in [0.05, 0.1) is 6.54 Å². The molecule has 0 radical (unpaired) electrons. The second kappa shape index (κ2) is 7.62. The number of hydrogen-bond acceptors (Lipinski definition) is 3. The van der Waals surface area contributed by atoms with Crippen LogP contribution in [-0.4, -0.2) is 49.6 Å². The molecule has 0 aliphatic carbocycles. The Morgan fingerprint density at radius 2 is 2.40 bits per heavy atom. The molecule has 1 atom stereocenters. The molecule has 4 nitrogen and oxygen atoms in total. The lowest BCUT2D eigenvalue weighted by molar-refractivity contribution is -0.122. The Hall–Kier alpha value is -1.10. The Morgan fingerprint density at radius 3 is 3.15 bits per heavy atom. The Morgan fingerprint density at radius 1 is 1.55 bits per heavy atom. The van der Waals surface area contributed by atoms with E-state index in [9.17, 15) is 4.79 Å². The van der Waals surface area contributed by atoms with Crippen LogP contribution in [0.15, 0.2) is 24.3 Å². The van der Waals surface area contributed by atoms with Gasteiger partial charge in [0.15, 0.2) is 0 Å². The summed E-state index contributed by atoms with van der Waals surface area (Å²) in [6.07, 6.45) is 0.810.